The average molecular weight is 244 g/mol. The Morgan fingerprint density at radius 1 is 1.35 bits per heavy atom. The Labute approximate surface area is 101 Å². The van der Waals surface area contributed by atoms with Crippen LogP contribution in [0.4, 0.5) is 4.79 Å². The van der Waals surface area contributed by atoms with Crippen LogP contribution in [0.15, 0.2) is 0 Å². The van der Waals surface area contributed by atoms with Gasteiger partial charge in [-0.05, 0) is 19.8 Å². The highest BCUT2D eigenvalue weighted by molar-refractivity contribution is 5.76. The number of urea groups is 1. The fourth-order valence-corrected chi connectivity index (χ4v) is 1.89. The molecule has 17 heavy (non-hydrogen) atoms. The minimum absolute atomic E-state index is 0.0665. The summed E-state index contributed by atoms with van der Waals surface area (Å²) in [6, 6.07) is -0.147. The van der Waals surface area contributed by atoms with Crippen LogP contribution in [-0.2, 0) is 4.79 Å². The lowest BCUT2D eigenvalue weighted by molar-refractivity contribution is -0.150. The number of carboxylic acid groups (broad SMARTS) is 1. The molecular formula is C11H20N2O4. The van der Waals surface area contributed by atoms with Gasteiger partial charge in [-0.15, -0.1) is 0 Å². The van der Waals surface area contributed by atoms with Gasteiger partial charge in [-0.2, -0.15) is 0 Å². The molecule has 1 heterocycles. The molecule has 0 aliphatic carbocycles. The Morgan fingerprint density at radius 3 is 2.29 bits per heavy atom. The Morgan fingerprint density at radius 2 is 1.88 bits per heavy atom. The lowest BCUT2D eigenvalue weighted by Crippen LogP contribution is -2.49. The van der Waals surface area contributed by atoms with Gasteiger partial charge in [-0.1, -0.05) is 0 Å². The van der Waals surface area contributed by atoms with Gasteiger partial charge in [0.05, 0.1) is 12.0 Å². The van der Waals surface area contributed by atoms with E-state index in [1.165, 1.54) is 4.90 Å². The summed E-state index contributed by atoms with van der Waals surface area (Å²) in [5.74, 6) is -0.798. The fourth-order valence-electron chi connectivity index (χ4n) is 1.89. The summed E-state index contributed by atoms with van der Waals surface area (Å²) in [7, 11) is 1.63. The van der Waals surface area contributed by atoms with Gasteiger partial charge in [-0.25, -0.2) is 4.79 Å². The molecule has 0 bridgehead atoms. The third-order valence-electron chi connectivity index (χ3n) is 3.42. The number of hydrogen-bond acceptors (Lipinski definition) is 3. The van der Waals surface area contributed by atoms with E-state index in [0.29, 0.717) is 32.5 Å². The summed E-state index contributed by atoms with van der Waals surface area (Å²) in [4.78, 5) is 26.0. The molecule has 1 aliphatic heterocycles. The number of carbonyl (C=O) groups is 2. The molecule has 98 valence electrons. The number of piperidine rings is 1. The van der Waals surface area contributed by atoms with E-state index in [4.69, 9.17) is 10.2 Å². The minimum Gasteiger partial charge on any atom is -0.481 e. The van der Waals surface area contributed by atoms with Crippen LogP contribution in [0.25, 0.3) is 0 Å². The van der Waals surface area contributed by atoms with Crippen molar-refractivity contribution in [3.05, 3.63) is 0 Å². The number of nitrogens with zero attached hydrogens (tertiary/aromatic N) is 2. The van der Waals surface area contributed by atoms with Crippen LogP contribution in [0.2, 0.25) is 0 Å². The van der Waals surface area contributed by atoms with Gasteiger partial charge >= 0.3 is 12.0 Å². The number of amides is 2. The molecule has 6 heteroatoms. The molecule has 0 saturated carbocycles. The first-order valence-electron chi connectivity index (χ1n) is 5.75. The second-order valence-electron chi connectivity index (χ2n) is 4.78. The molecule has 2 N–H and O–H groups in total. The second-order valence-corrected chi connectivity index (χ2v) is 4.78. The molecule has 1 aliphatic rings. The van der Waals surface area contributed by atoms with Crippen molar-refractivity contribution in [2.24, 2.45) is 5.41 Å². The molecule has 6 nitrogen and oxygen atoms in total. The third-order valence-corrected chi connectivity index (χ3v) is 3.42. The number of aliphatic carboxylic acids is 1. The number of carboxylic acids is 1. The summed E-state index contributed by atoms with van der Waals surface area (Å²) < 4.78 is 0. The molecule has 0 aromatic rings. The smallest absolute Gasteiger partial charge is 0.319 e. The van der Waals surface area contributed by atoms with Gasteiger partial charge in [0.15, 0.2) is 0 Å². The predicted molar refractivity (Wildman–Crippen MR) is 61.7 cm³/mol. The van der Waals surface area contributed by atoms with Crippen LogP contribution in [0.3, 0.4) is 0 Å². The highest BCUT2D eigenvalue weighted by atomic mass is 16.4. The van der Waals surface area contributed by atoms with Gasteiger partial charge in [0.2, 0.25) is 0 Å². The molecule has 1 saturated heterocycles. The summed E-state index contributed by atoms with van der Waals surface area (Å²) >= 11 is 0. The second kappa shape index (κ2) is 5.35. The highest BCUT2D eigenvalue weighted by Gasteiger charge is 2.38. The first kappa shape index (κ1) is 13.8. The molecule has 1 rings (SSSR count). The topological polar surface area (TPSA) is 81.1 Å². The largest absolute Gasteiger partial charge is 0.481 e. The standard InChI is InChI=1S/C11H20N2O4/c1-11(9(15)16)3-5-13(6-4-11)10(17)12(2)7-8-14/h14H,3-8H2,1-2H3,(H,15,16). The summed E-state index contributed by atoms with van der Waals surface area (Å²) in [6.07, 6.45) is 0.947. The predicted octanol–water partition coefficient (Wildman–Crippen LogP) is 0.217. The minimum atomic E-state index is -0.798. The molecule has 2 amide bonds. The van der Waals surface area contributed by atoms with Crippen LogP contribution in [0.1, 0.15) is 19.8 Å². The van der Waals surface area contributed by atoms with Crippen LogP contribution in [0, 0.1) is 5.41 Å². The maximum absolute atomic E-state index is 11.9. The fraction of sp³-hybridized carbons (Fsp3) is 0.818. The average Bonchev–Trinajstić information content (AvgIpc) is 2.29. The number of aliphatic hydroxyl groups is 1. The summed E-state index contributed by atoms with van der Waals surface area (Å²) in [5, 5.41) is 17.8. The molecule has 0 radical (unpaired) electrons. The zero-order valence-corrected chi connectivity index (χ0v) is 10.3. The van der Waals surface area contributed by atoms with E-state index in [9.17, 15) is 9.59 Å². The van der Waals surface area contributed by atoms with Crippen molar-refractivity contribution in [2.75, 3.05) is 33.3 Å². The van der Waals surface area contributed by atoms with Gasteiger partial charge in [0.1, 0.15) is 0 Å². The van der Waals surface area contributed by atoms with E-state index < -0.39 is 11.4 Å². The molecule has 0 atom stereocenters. The van der Waals surface area contributed by atoms with Crippen LogP contribution in [0.5, 0.6) is 0 Å². The third kappa shape index (κ3) is 3.09. The maximum Gasteiger partial charge on any atom is 0.319 e. The van der Waals surface area contributed by atoms with Crippen molar-refractivity contribution >= 4 is 12.0 Å². The van der Waals surface area contributed by atoms with Crippen molar-refractivity contribution in [1.29, 1.82) is 0 Å². The molecule has 0 unspecified atom stereocenters. The van der Waals surface area contributed by atoms with E-state index in [-0.39, 0.29) is 12.6 Å². The van der Waals surface area contributed by atoms with E-state index in [1.54, 1.807) is 18.9 Å². The Hall–Kier alpha value is -1.30. The summed E-state index contributed by atoms with van der Waals surface area (Å²) in [6.45, 7) is 2.86. The highest BCUT2D eigenvalue weighted by Crippen LogP contribution is 2.31. The Balaban J connectivity index is 2.52. The number of likely N-dealkylation sites (tertiary alicyclic amines) is 1. The maximum atomic E-state index is 11.9. The Bertz CT molecular complexity index is 298. The van der Waals surface area contributed by atoms with Crippen molar-refractivity contribution < 1.29 is 19.8 Å². The first-order valence-corrected chi connectivity index (χ1v) is 5.75. The number of hydrogen-bond donors (Lipinski definition) is 2. The lowest BCUT2D eigenvalue weighted by Gasteiger charge is -2.38. The van der Waals surface area contributed by atoms with Crippen LogP contribution >= 0.6 is 0 Å². The molecule has 0 aromatic heterocycles. The van der Waals surface area contributed by atoms with Gasteiger partial charge < -0.3 is 20.0 Å². The van der Waals surface area contributed by atoms with Crippen molar-refractivity contribution in [3.8, 4) is 0 Å². The van der Waals surface area contributed by atoms with E-state index in [0.717, 1.165) is 0 Å². The monoisotopic (exact) mass is 244 g/mol. The number of carbonyl (C=O) groups excluding carboxylic acids is 1. The van der Waals surface area contributed by atoms with Crippen molar-refractivity contribution in [1.82, 2.24) is 9.80 Å². The lowest BCUT2D eigenvalue weighted by atomic mass is 9.80. The number of likely N-dealkylation sites (N-methyl/N-ethyl adjacent to an activating group) is 1. The van der Waals surface area contributed by atoms with Gasteiger partial charge in [0.25, 0.3) is 0 Å². The van der Waals surface area contributed by atoms with Crippen molar-refractivity contribution in [3.63, 3.8) is 0 Å². The zero-order chi connectivity index (χ0) is 13.1. The van der Waals surface area contributed by atoms with E-state index in [1.807, 2.05) is 0 Å². The molecule has 1 fully saturated rings. The molecule has 0 spiro atoms. The number of rotatable bonds is 3. The normalized spacial score (nSPS) is 18.9. The van der Waals surface area contributed by atoms with E-state index >= 15 is 0 Å². The van der Waals surface area contributed by atoms with Gasteiger partial charge in [-0.3, -0.25) is 4.79 Å². The summed E-state index contributed by atoms with van der Waals surface area (Å²) in [5.41, 5.74) is -0.716. The first-order chi connectivity index (χ1) is 7.90. The van der Waals surface area contributed by atoms with Gasteiger partial charge in [0, 0.05) is 26.7 Å². The number of aliphatic hydroxyl groups excluding tert-OH is 1. The quantitative estimate of drug-likeness (QED) is 0.744. The zero-order valence-electron chi connectivity index (χ0n) is 10.3. The van der Waals surface area contributed by atoms with E-state index in [2.05, 4.69) is 0 Å². The van der Waals surface area contributed by atoms with Crippen LogP contribution < -0.4 is 0 Å². The van der Waals surface area contributed by atoms with Crippen molar-refractivity contribution in [2.45, 2.75) is 19.8 Å². The van der Waals surface area contributed by atoms with Crippen LogP contribution in [-0.4, -0.2) is 65.3 Å². The Kier molecular flexibility index (Phi) is 4.34. The molecule has 0 aromatic carbocycles. The SMILES string of the molecule is CN(CCO)C(=O)N1CCC(C)(C(=O)O)CC1. The molecular weight excluding hydrogens is 224 g/mol.